The largest absolute Gasteiger partial charge is 0.417 e. The first kappa shape index (κ1) is 12.4. The van der Waals surface area contributed by atoms with Crippen molar-refractivity contribution in [3.05, 3.63) is 36.0 Å². The molecule has 0 saturated carbocycles. The van der Waals surface area contributed by atoms with Gasteiger partial charge in [-0.05, 0) is 18.1 Å². The molecule has 1 aromatic heterocycles. The van der Waals surface area contributed by atoms with Gasteiger partial charge < -0.3 is 15.3 Å². The van der Waals surface area contributed by atoms with Crippen molar-refractivity contribution in [3.8, 4) is 0 Å². The Morgan fingerprint density at radius 2 is 2.22 bits per heavy atom. The zero-order chi connectivity index (χ0) is 13.0. The summed E-state index contributed by atoms with van der Waals surface area (Å²) in [6, 6.07) is 7.93. The number of benzene rings is 1. The van der Waals surface area contributed by atoms with Crippen molar-refractivity contribution in [1.82, 2.24) is 10.0 Å². The molecule has 0 aliphatic carbocycles. The highest BCUT2D eigenvalue weighted by atomic mass is 16.6. The lowest BCUT2D eigenvalue weighted by Gasteiger charge is -2.01. The van der Waals surface area contributed by atoms with Gasteiger partial charge in [0.15, 0.2) is 0 Å². The molecule has 1 heterocycles. The van der Waals surface area contributed by atoms with Crippen LogP contribution < -0.4 is 10.2 Å². The lowest BCUT2D eigenvalue weighted by atomic mass is 10.1. The Hall–Kier alpha value is -2.01. The van der Waals surface area contributed by atoms with Crippen LogP contribution in [0.15, 0.2) is 30.5 Å². The maximum absolute atomic E-state index is 10.9. The van der Waals surface area contributed by atoms with E-state index in [1.165, 1.54) is 0 Å². The van der Waals surface area contributed by atoms with E-state index in [0.29, 0.717) is 13.0 Å². The molecular formula is C13H16N2O3. The minimum absolute atomic E-state index is 0.356. The van der Waals surface area contributed by atoms with Gasteiger partial charge in [0.1, 0.15) is 13.7 Å². The Kier molecular flexibility index (Phi) is 3.84. The number of aromatic nitrogens is 1. The number of fused-ring (bicyclic) bond motifs is 1. The van der Waals surface area contributed by atoms with E-state index < -0.39 is 6.61 Å². The molecule has 0 bridgehead atoms. The fourth-order valence-corrected chi connectivity index (χ4v) is 1.96. The number of amides is 1. The molecule has 0 aliphatic heterocycles. The summed E-state index contributed by atoms with van der Waals surface area (Å²) < 4.78 is 1.71. The summed E-state index contributed by atoms with van der Waals surface area (Å²) >= 11 is 0. The van der Waals surface area contributed by atoms with Crippen LogP contribution in [0, 0.1) is 0 Å². The van der Waals surface area contributed by atoms with Crippen LogP contribution in [0.3, 0.4) is 0 Å². The molecule has 0 atom stereocenters. The highest BCUT2D eigenvalue weighted by molar-refractivity contribution is 5.83. The number of nitrogens with one attached hydrogen (secondary N) is 1. The molecule has 18 heavy (non-hydrogen) atoms. The second-order valence-corrected chi connectivity index (χ2v) is 3.94. The van der Waals surface area contributed by atoms with E-state index in [9.17, 15) is 4.79 Å². The zero-order valence-electron chi connectivity index (χ0n) is 10.2. The van der Waals surface area contributed by atoms with E-state index in [1.807, 2.05) is 30.5 Å². The van der Waals surface area contributed by atoms with Crippen LogP contribution in [0.2, 0.25) is 0 Å². The molecule has 5 nitrogen and oxygen atoms in total. The predicted octanol–water partition coefficient (Wildman–Crippen LogP) is 0.351. The van der Waals surface area contributed by atoms with Gasteiger partial charge in [-0.25, -0.2) is 0 Å². The minimum atomic E-state index is -0.472. The molecule has 2 rings (SSSR count). The first-order chi connectivity index (χ1) is 8.76. The van der Waals surface area contributed by atoms with E-state index in [-0.39, 0.29) is 5.91 Å². The summed E-state index contributed by atoms with van der Waals surface area (Å²) in [5.41, 5.74) is 2.11. The third-order valence-electron chi connectivity index (χ3n) is 2.82. The van der Waals surface area contributed by atoms with Gasteiger partial charge in [-0.15, -0.1) is 0 Å². The van der Waals surface area contributed by atoms with Crippen LogP contribution >= 0.6 is 0 Å². The van der Waals surface area contributed by atoms with E-state index in [2.05, 4.69) is 5.32 Å². The van der Waals surface area contributed by atoms with Crippen LogP contribution in [0.5, 0.6) is 0 Å². The third kappa shape index (κ3) is 2.46. The Labute approximate surface area is 105 Å². The van der Waals surface area contributed by atoms with Gasteiger partial charge in [-0.1, -0.05) is 18.2 Å². The second kappa shape index (κ2) is 5.55. The molecule has 0 aliphatic rings. The molecule has 0 radical (unpaired) electrons. The summed E-state index contributed by atoms with van der Waals surface area (Å²) in [6.07, 6.45) is 2.61. The van der Waals surface area contributed by atoms with Gasteiger partial charge in [0, 0.05) is 18.1 Å². The first-order valence-electron chi connectivity index (χ1n) is 5.77. The molecule has 1 aromatic carbocycles. The number of rotatable bonds is 5. The number of carbonyl (C=O) groups is 1. The zero-order valence-corrected chi connectivity index (χ0v) is 10.2. The average Bonchev–Trinajstić information content (AvgIpc) is 2.77. The number of aliphatic hydroxyl groups is 1. The van der Waals surface area contributed by atoms with Gasteiger partial charge in [-0.3, -0.25) is 4.79 Å². The molecule has 96 valence electrons. The number of hydrogen-bond acceptors (Lipinski definition) is 3. The van der Waals surface area contributed by atoms with Crippen LogP contribution in [0.1, 0.15) is 5.56 Å². The number of aliphatic hydroxyl groups excluding tert-OH is 1. The van der Waals surface area contributed by atoms with E-state index in [1.54, 1.807) is 11.8 Å². The molecule has 0 spiro atoms. The number of nitrogens with zero attached hydrogens (tertiary/aromatic N) is 1. The highest BCUT2D eigenvalue weighted by Gasteiger charge is 2.08. The fourth-order valence-electron chi connectivity index (χ4n) is 1.96. The lowest BCUT2D eigenvalue weighted by Crippen LogP contribution is -2.28. The molecule has 1 amide bonds. The lowest BCUT2D eigenvalue weighted by molar-refractivity contribution is -0.123. The van der Waals surface area contributed by atoms with Crippen molar-refractivity contribution < 1.29 is 14.7 Å². The predicted molar refractivity (Wildman–Crippen MR) is 68.2 cm³/mol. The Morgan fingerprint density at radius 3 is 2.94 bits per heavy atom. The standard InChI is InChI=1S/C13H16N2O3/c1-18-15-8-10(6-7-14-13(17)9-16)11-4-2-3-5-12(11)15/h2-5,8,16H,6-7,9H2,1H3,(H,14,17). The van der Waals surface area contributed by atoms with Crippen molar-refractivity contribution in [1.29, 1.82) is 0 Å². The molecule has 0 saturated heterocycles. The van der Waals surface area contributed by atoms with Gasteiger partial charge in [-0.2, -0.15) is 4.73 Å². The van der Waals surface area contributed by atoms with Crippen molar-refractivity contribution in [3.63, 3.8) is 0 Å². The molecule has 5 heteroatoms. The number of hydrogen-bond donors (Lipinski definition) is 2. The average molecular weight is 248 g/mol. The maximum atomic E-state index is 10.9. The smallest absolute Gasteiger partial charge is 0.245 e. The monoisotopic (exact) mass is 248 g/mol. The number of para-hydroxylation sites is 1. The van der Waals surface area contributed by atoms with E-state index in [0.717, 1.165) is 16.5 Å². The van der Waals surface area contributed by atoms with E-state index in [4.69, 9.17) is 9.94 Å². The van der Waals surface area contributed by atoms with Gasteiger partial charge >= 0.3 is 0 Å². The van der Waals surface area contributed by atoms with Crippen LogP contribution in [0.4, 0.5) is 0 Å². The Balaban J connectivity index is 2.15. The summed E-state index contributed by atoms with van der Waals surface area (Å²) in [4.78, 5) is 16.2. The molecule has 2 N–H and O–H groups in total. The molecule has 0 unspecified atom stereocenters. The van der Waals surface area contributed by atoms with E-state index >= 15 is 0 Å². The van der Waals surface area contributed by atoms with Crippen LogP contribution in [-0.2, 0) is 11.2 Å². The SMILES string of the molecule is COn1cc(CCNC(=O)CO)c2ccccc21. The Bertz CT molecular complexity index is 548. The first-order valence-corrected chi connectivity index (χ1v) is 5.77. The van der Waals surface area contributed by atoms with Gasteiger partial charge in [0.25, 0.3) is 0 Å². The van der Waals surface area contributed by atoms with Crippen molar-refractivity contribution >= 4 is 16.8 Å². The fraction of sp³-hybridized carbons (Fsp3) is 0.308. The normalized spacial score (nSPS) is 10.6. The molecule has 0 fully saturated rings. The Morgan fingerprint density at radius 1 is 1.44 bits per heavy atom. The van der Waals surface area contributed by atoms with Gasteiger partial charge in [0.2, 0.25) is 5.91 Å². The summed E-state index contributed by atoms with van der Waals surface area (Å²) in [7, 11) is 1.61. The van der Waals surface area contributed by atoms with Crippen LogP contribution in [-0.4, -0.2) is 36.0 Å². The number of carbonyl (C=O) groups excluding carboxylic acids is 1. The minimum Gasteiger partial charge on any atom is -0.417 e. The maximum Gasteiger partial charge on any atom is 0.245 e. The molecule has 2 aromatic rings. The van der Waals surface area contributed by atoms with Gasteiger partial charge in [0.05, 0.1) is 5.52 Å². The topological polar surface area (TPSA) is 63.5 Å². The summed E-state index contributed by atoms with van der Waals surface area (Å²) in [5, 5.41) is 12.4. The summed E-state index contributed by atoms with van der Waals surface area (Å²) in [5.74, 6) is -0.356. The second-order valence-electron chi connectivity index (χ2n) is 3.94. The molecular weight excluding hydrogens is 232 g/mol. The van der Waals surface area contributed by atoms with Crippen molar-refractivity contribution in [2.24, 2.45) is 0 Å². The van der Waals surface area contributed by atoms with Crippen molar-refractivity contribution in [2.75, 3.05) is 20.3 Å². The highest BCUT2D eigenvalue weighted by Crippen LogP contribution is 2.20. The third-order valence-corrected chi connectivity index (χ3v) is 2.82. The quantitative estimate of drug-likeness (QED) is 0.802. The van der Waals surface area contributed by atoms with Crippen molar-refractivity contribution in [2.45, 2.75) is 6.42 Å². The summed E-state index contributed by atoms with van der Waals surface area (Å²) in [6.45, 7) is 0.0247. The van der Waals surface area contributed by atoms with Crippen LogP contribution in [0.25, 0.3) is 10.9 Å².